The Morgan fingerprint density at radius 1 is 1.32 bits per heavy atom. The molecule has 0 atom stereocenters. The van der Waals surface area contributed by atoms with Crippen LogP contribution < -0.4 is 0 Å². The SMILES string of the molecule is COCCC1(C(=O)N2CCC(CO)CC2)CCCC1. The summed E-state index contributed by atoms with van der Waals surface area (Å²) in [6.45, 7) is 2.58. The molecule has 1 N–H and O–H groups in total. The predicted octanol–water partition coefficient (Wildman–Crippen LogP) is 1.81. The molecule has 1 amide bonds. The van der Waals surface area contributed by atoms with E-state index < -0.39 is 0 Å². The lowest BCUT2D eigenvalue weighted by Crippen LogP contribution is -2.47. The summed E-state index contributed by atoms with van der Waals surface area (Å²) in [6.07, 6.45) is 7.14. The van der Waals surface area contributed by atoms with Gasteiger partial charge in [-0.25, -0.2) is 0 Å². The van der Waals surface area contributed by atoms with Gasteiger partial charge in [0.15, 0.2) is 0 Å². The molecule has 0 aromatic rings. The van der Waals surface area contributed by atoms with E-state index in [1.54, 1.807) is 7.11 Å². The Hall–Kier alpha value is -0.610. The van der Waals surface area contributed by atoms with Gasteiger partial charge in [-0.05, 0) is 38.0 Å². The summed E-state index contributed by atoms with van der Waals surface area (Å²) in [7, 11) is 1.71. The molecule has 0 aromatic heterocycles. The maximum Gasteiger partial charge on any atom is 0.228 e. The third kappa shape index (κ3) is 3.29. The lowest BCUT2D eigenvalue weighted by atomic mass is 9.80. The number of aliphatic hydroxyl groups excluding tert-OH is 1. The summed E-state index contributed by atoms with van der Waals surface area (Å²) in [5.74, 6) is 0.737. The third-order valence-corrected chi connectivity index (χ3v) is 4.96. The number of piperidine rings is 1. The minimum Gasteiger partial charge on any atom is -0.396 e. The quantitative estimate of drug-likeness (QED) is 0.828. The number of likely N-dealkylation sites (tertiary alicyclic amines) is 1. The van der Waals surface area contributed by atoms with Crippen molar-refractivity contribution in [2.24, 2.45) is 11.3 Å². The predicted molar refractivity (Wildman–Crippen MR) is 73.8 cm³/mol. The first-order valence-electron chi connectivity index (χ1n) is 7.61. The van der Waals surface area contributed by atoms with Gasteiger partial charge in [-0.2, -0.15) is 0 Å². The number of aliphatic hydroxyl groups is 1. The normalized spacial score (nSPS) is 23.8. The highest BCUT2D eigenvalue weighted by molar-refractivity contribution is 5.83. The third-order valence-electron chi connectivity index (χ3n) is 4.96. The molecule has 1 aliphatic carbocycles. The fourth-order valence-corrected chi connectivity index (χ4v) is 3.57. The topological polar surface area (TPSA) is 49.8 Å². The van der Waals surface area contributed by atoms with Gasteiger partial charge in [-0.15, -0.1) is 0 Å². The minimum absolute atomic E-state index is 0.151. The van der Waals surface area contributed by atoms with Crippen molar-refractivity contribution in [2.75, 3.05) is 33.4 Å². The van der Waals surface area contributed by atoms with E-state index in [-0.39, 0.29) is 12.0 Å². The minimum atomic E-state index is -0.151. The van der Waals surface area contributed by atoms with Gasteiger partial charge >= 0.3 is 0 Å². The number of hydrogen-bond donors (Lipinski definition) is 1. The molecule has 2 aliphatic rings. The lowest BCUT2D eigenvalue weighted by Gasteiger charge is -2.38. The monoisotopic (exact) mass is 269 g/mol. The molecule has 4 heteroatoms. The highest BCUT2D eigenvalue weighted by Gasteiger charge is 2.43. The molecule has 19 heavy (non-hydrogen) atoms. The molecule has 2 rings (SSSR count). The Morgan fingerprint density at radius 2 is 1.95 bits per heavy atom. The summed E-state index contributed by atoms with van der Waals surface area (Å²) in [4.78, 5) is 14.9. The van der Waals surface area contributed by atoms with Crippen molar-refractivity contribution in [3.63, 3.8) is 0 Å². The van der Waals surface area contributed by atoms with Crippen LogP contribution in [0.5, 0.6) is 0 Å². The molecule has 1 aliphatic heterocycles. The Kier molecular flexibility index (Phi) is 5.22. The Bertz CT molecular complexity index is 292. The van der Waals surface area contributed by atoms with Crippen molar-refractivity contribution in [2.45, 2.75) is 44.9 Å². The molecule has 110 valence electrons. The van der Waals surface area contributed by atoms with Crippen LogP contribution in [0.15, 0.2) is 0 Å². The second kappa shape index (κ2) is 6.71. The maximum atomic E-state index is 12.8. The van der Waals surface area contributed by atoms with Crippen LogP contribution in [0.4, 0.5) is 0 Å². The number of carbonyl (C=O) groups excluding carboxylic acids is 1. The molecule has 1 saturated heterocycles. The van der Waals surface area contributed by atoms with Crippen LogP contribution in [0.2, 0.25) is 0 Å². The summed E-state index contributed by atoms with van der Waals surface area (Å²) < 4.78 is 5.20. The molecule has 2 fully saturated rings. The van der Waals surface area contributed by atoms with Crippen molar-refractivity contribution in [1.29, 1.82) is 0 Å². The molecular formula is C15H27NO3. The number of rotatable bonds is 5. The molecule has 0 spiro atoms. The van der Waals surface area contributed by atoms with Crippen molar-refractivity contribution in [3.05, 3.63) is 0 Å². The molecule has 4 nitrogen and oxygen atoms in total. The summed E-state index contributed by atoms with van der Waals surface area (Å²) in [5, 5.41) is 9.17. The fourth-order valence-electron chi connectivity index (χ4n) is 3.57. The number of methoxy groups -OCH3 is 1. The Morgan fingerprint density at radius 3 is 2.47 bits per heavy atom. The van der Waals surface area contributed by atoms with Crippen molar-refractivity contribution < 1.29 is 14.6 Å². The molecule has 0 unspecified atom stereocenters. The second-order valence-electron chi connectivity index (χ2n) is 6.15. The van der Waals surface area contributed by atoms with Crippen LogP contribution in [0.3, 0.4) is 0 Å². The van der Waals surface area contributed by atoms with Gasteiger partial charge in [-0.1, -0.05) is 12.8 Å². The van der Waals surface area contributed by atoms with Crippen LogP contribution in [0, 0.1) is 11.3 Å². The number of amides is 1. The fraction of sp³-hybridized carbons (Fsp3) is 0.933. The van der Waals surface area contributed by atoms with Gasteiger partial charge in [0.25, 0.3) is 0 Å². The molecule has 0 radical (unpaired) electrons. The molecule has 1 saturated carbocycles. The number of carbonyl (C=O) groups is 1. The Balaban J connectivity index is 1.96. The Labute approximate surface area is 116 Å². The molecule has 0 bridgehead atoms. The lowest BCUT2D eigenvalue weighted by molar-refractivity contribution is -0.144. The van der Waals surface area contributed by atoms with E-state index in [9.17, 15) is 9.90 Å². The van der Waals surface area contributed by atoms with Gasteiger partial charge in [0, 0.05) is 33.4 Å². The van der Waals surface area contributed by atoms with Crippen molar-refractivity contribution in [3.8, 4) is 0 Å². The number of ether oxygens (including phenoxy) is 1. The molecule has 0 aromatic carbocycles. The summed E-state index contributed by atoms with van der Waals surface area (Å²) >= 11 is 0. The van der Waals surface area contributed by atoms with Gasteiger partial charge in [0.2, 0.25) is 5.91 Å². The zero-order valence-electron chi connectivity index (χ0n) is 12.1. The zero-order valence-corrected chi connectivity index (χ0v) is 12.1. The van der Waals surface area contributed by atoms with E-state index in [0.717, 1.165) is 45.2 Å². The highest BCUT2D eigenvalue weighted by Crippen LogP contribution is 2.43. The average molecular weight is 269 g/mol. The van der Waals surface area contributed by atoms with Gasteiger partial charge in [-0.3, -0.25) is 4.79 Å². The van der Waals surface area contributed by atoms with E-state index >= 15 is 0 Å². The second-order valence-corrected chi connectivity index (χ2v) is 6.15. The maximum absolute atomic E-state index is 12.8. The van der Waals surface area contributed by atoms with E-state index in [1.807, 2.05) is 4.90 Å². The van der Waals surface area contributed by atoms with Crippen LogP contribution >= 0.6 is 0 Å². The summed E-state index contributed by atoms with van der Waals surface area (Å²) in [5.41, 5.74) is -0.151. The van der Waals surface area contributed by atoms with Gasteiger partial charge in [0.1, 0.15) is 0 Å². The van der Waals surface area contributed by atoms with E-state index in [4.69, 9.17) is 4.74 Å². The smallest absolute Gasteiger partial charge is 0.228 e. The highest BCUT2D eigenvalue weighted by atomic mass is 16.5. The van der Waals surface area contributed by atoms with Crippen LogP contribution in [-0.2, 0) is 9.53 Å². The first-order chi connectivity index (χ1) is 9.22. The molecule has 1 heterocycles. The van der Waals surface area contributed by atoms with Crippen LogP contribution in [0.25, 0.3) is 0 Å². The van der Waals surface area contributed by atoms with Gasteiger partial charge < -0.3 is 14.7 Å². The average Bonchev–Trinajstić information content (AvgIpc) is 2.94. The number of hydrogen-bond acceptors (Lipinski definition) is 3. The first kappa shape index (κ1) is 14.8. The first-order valence-corrected chi connectivity index (χ1v) is 7.61. The standard InChI is InChI=1S/C15H27NO3/c1-19-11-8-15(6-2-3-7-15)14(18)16-9-4-13(12-17)5-10-16/h13,17H,2-12H2,1H3. The van der Waals surface area contributed by atoms with Crippen LogP contribution in [-0.4, -0.2) is 49.3 Å². The van der Waals surface area contributed by atoms with E-state index in [1.165, 1.54) is 12.8 Å². The summed E-state index contributed by atoms with van der Waals surface area (Å²) in [6, 6.07) is 0. The van der Waals surface area contributed by atoms with Crippen LogP contribution in [0.1, 0.15) is 44.9 Å². The van der Waals surface area contributed by atoms with Crippen molar-refractivity contribution in [1.82, 2.24) is 4.90 Å². The zero-order chi connectivity index (χ0) is 13.7. The van der Waals surface area contributed by atoms with Crippen molar-refractivity contribution >= 4 is 5.91 Å². The molecular weight excluding hydrogens is 242 g/mol. The largest absolute Gasteiger partial charge is 0.396 e. The van der Waals surface area contributed by atoms with E-state index in [2.05, 4.69) is 0 Å². The van der Waals surface area contributed by atoms with E-state index in [0.29, 0.717) is 18.4 Å². The van der Waals surface area contributed by atoms with Gasteiger partial charge in [0.05, 0.1) is 5.41 Å². The number of nitrogens with zero attached hydrogens (tertiary/aromatic N) is 1.